The molecule has 1 heterocycles. The van der Waals surface area contributed by atoms with Crippen molar-refractivity contribution >= 4 is 22.9 Å². The summed E-state index contributed by atoms with van der Waals surface area (Å²) in [6.07, 6.45) is 4.12. The minimum Gasteiger partial charge on any atom is -0.304 e. The van der Waals surface area contributed by atoms with Crippen LogP contribution in [-0.4, -0.2) is 4.98 Å². The Bertz CT molecular complexity index is 453. The number of thiazole rings is 1. The van der Waals surface area contributed by atoms with Gasteiger partial charge in [-0.05, 0) is 24.1 Å². The lowest BCUT2D eigenvalue weighted by Gasteiger charge is -2.18. The van der Waals surface area contributed by atoms with Gasteiger partial charge in [0.2, 0.25) is 0 Å². The van der Waals surface area contributed by atoms with Crippen molar-refractivity contribution in [1.29, 1.82) is 0 Å². The number of aromatic nitrogens is 1. The first-order valence-electron chi connectivity index (χ1n) is 6.17. The van der Waals surface area contributed by atoms with Crippen LogP contribution in [0.4, 0.5) is 0 Å². The molecule has 0 fully saturated rings. The molecule has 1 aromatic heterocycles. The fourth-order valence-corrected chi connectivity index (χ4v) is 2.61. The van der Waals surface area contributed by atoms with E-state index < -0.39 is 0 Å². The van der Waals surface area contributed by atoms with E-state index in [2.05, 4.69) is 29.4 Å². The molecule has 1 aromatic carbocycles. The second kappa shape index (κ2) is 6.88. The van der Waals surface area contributed by atoms with E-state index in [4.69, 9.17) is 11.6 Å². The molecule has 0 radical (unpaired) electrons. The highest BCUT2D eigenvalue weighted by atomic mass is 35.5. The molecule has 0 bridgehead atoms. The summed E-state index contributed by atoms with van der Waals surface area (Å²) in [5.74, 6) is 0. The third-order valence-electron chi connectivity index (χ3n) is 2.83. The molecule has 2 rings (SSSR count). The largest absolute Gasteiger partial charge is 0.304 e. The van der Waals surface area contributed by atoms with E-state index in [9.17, 15) is 0 Å². The number of hydrogen-bond donors (Lipinski definition) is 1. The highest BCUT2D eigenvalue weighted by molar-refractivity contribution is 7.09. The van der Waals surface area contributed by atoms with Crippen molar-refractivity contribution in [2.75, 3.05) is 0 Å². The summed E-state index contributed by atoms with van der Waals surface area (Å²) in [4.78, 5) is 4.29. The van der Waals surface area contributed by atoms with Gasteiger partial charge in [0.05, 0.1) is 0 Å². The summed E-state index contributed by atoms with van der Waals surface area (Å²) in [6, 6.07) is 8.46. The average molecular weight is 281 g/mol. The van der Waals surface area contributed by atoms with Crippen LogP contribution in [0, 0.1) is 0 Å². The molecule has 2 nitrogen and oxygen atoms in total. The third-order valence-corrected chi connectivity index (χ3v) is 3.86. The Morgan fingerprint density at radius 3 is 2.72 bits per heavy atom. The lowest BCUT2D eigenvalue weighted by molar-refractivity contribution is 0.493. The fraction of sp³-hybridized carbons (Fsp3) is 0.357. The normalized spacial score (nSPS) is 12.6. The van der Waals surface area contributed by atoms with Crippen LogP contribution in [0.2, 0.25) is 5.02 Å². The van der Waals surface area contributed by atoms with Crippen molar-refractivity contribution < 1.29 is 0 Å². The van der Waals surface area contributed by atoms with Crippen LogP contribution in [0.15, 0.2) is 35.8 Å². The Morgan fingerprint density at radius 2 is 2.11 bits per heavy atom. The Kier molecular flexibility index (Phi) is 5.17. The van der Waals surface area contributed by atoms with Gasteiger partial charge in [0.15, 0.2) is 0 Å². The molecule has 0 amide bonds. The van der Waals surface area contributed by atoms with E-state index in [1.165, 1.54) is 5.56 Å². The number of nitrogens with zero attached hydrogens (tertiary/aromatic N) is 1. The Labute approximate surface area is 117 Å². The molecule has 18 heavy (non-hydrogen) atoms. The molecule has 1 atom stereocenters. The SMILES string of the molecule is CCCC(NCc1nccs1)c1ccc(Cl)cc1. The van der Waals surface area contributed by atoms with Gasteiger partial charge in [0, 0.05) is 29.2 Å². The van der Waals surface area contributed by atoms with Crippen LogP contribution in [0.3, 0.4) is 0 Å². The van der Waals surface area contributed by atoms with Gasteiger partial charge >= 0.3 is 0 Å². The van der Waals surface area contributed by atoms with Gasteiger partial charge in [0.25, 0.3) is 0 Å². The summed E-state index contributed by atoms with van der Waals surface area (Å²) in [7, 11) is 0. The van der Waals surface area contributed by atoms with Crippen molar-refractivity contribution in [2.45, 2.75) is 32.4 Å². The second-order valence-electron chi connectivity index (χ2n) is 4.20. The highest BCUT2D eigenvalue weighted by Gasteiger charge is 2.10. The van der Waals surface area contributed by atoms with E-state index in [0.29, 0.717) is 6.04 Å². The van der Waals surface area contributed by atoms with Crippen LogP contribution in [0.25, 0.3) is 0 Å². The second-order valence-corrected chi connectivity index (χ2v) is 5.62. The standard InChI is InChI=1S/C14H17ClN2S/c1-2-3-13(11-4-6-12(15)7-5-11)17-10-14-16-8-9-18-14/h4-9,13,17H,2-3,10H2,1H3. The van der Waals surface area contributed by atoms with Gasteiger partial charge in [-0.1, -0.05) is 37.1 Å². The molecule has 1 unspecified atom stereocenters. The smallest absolute Gasteiger partial charge is 0.106 e. The minimum atomic E-state index is 0.371. The van der Waals surface area contributed by atoms with Gasteiger partial charge in [0.1, 0.15) is 5.01 Å². The molecule has 0 saturated heterocycles. The zero-order chi connectivity index (χ0) is 12.8. The molecular weight excluding hydrogens is 264 g/mol. The monoisotopic (exact) mass is 280 g/mol. The van der Waals surface area contributed by atoms with Crippen molar-refractivity contribution in [3.63, 3.8) is 0 Å². The summed E-state index contributed by atoms with van der Waals surface area (Å²) in [5.41, 5.74) is 1.29. The summed E-state index contributed by atoms with van der Waals surface area (Å²) in [5, 5.41) is 7.49. The molecule has 0 aliphatic heterocycles. The van der Waals surface area contributed by atoms with Crippen LogP contribution < -0.4 is 5.32 Å². The predicted octanol–water partition coefficient (Wildman–Crippen LogP) is 4.43. The molecule has 0 aliphatic rings. The first-order chi connectivity index (χ1) is 8.79. The molecular formula is C14H17ClN2S. The zero-order valence-electron chi connectivity index (χ0n) is 10.4. The maximum Gasteiger partial charge on any atom is 0.106 e. The Morgan fingerprint density at radius 1 is 1.33 bits per heavy atom. The zero-order valence-corrected chi connectivity index (χ0v) is 12.0. The molecule has 0 saturated carbocycles. The summed E-state index contributed by atoms with van der Waals surface area (Å²) >= 11 is 7.61. The predicted molar refractivity (Wildman–Crippen MR) is 78.1 cm³/mol. The van der Waals surface area contributed by atoms with Crippen molar-refractivity contribution in [3.05, 3.63) is 51.4 Å². The van der Waals surface area contributed by atoms with Crippen molar-refractivity contribution in [2.24, 2.45) is 0 Å². The maximum absolute atomic E-state index is 5.92. The number of rotatable bonds is 6. The Hall–Kier alpha value is -0.900. The van der Waals surface area contributed by atoms with Gasteiger partial charge in [-0.25, -0.2) is 4.98 Å². The molecule has 0 aliphatic carbocycles. The highest BCUT2D eigenvalue weighted by Crippen LogP contribution is 2.21. The molecule has 1 N–H and O–H groups in total. The van der Waals surface area contributed by atoms with Crippen molar-refractivity contribution in [1.82, 2.24) is 10.3 Å². The van der Waals surface area contributed by atoms with E-state index >= 15 is 0 Å². The first kappa shape index (κ1) is 13.5. The van der Waals surface area contributed by atoms with E-state index in [1.807, 2.05) is 23.7 Å². The fourth-order valence-electron chi connectivity index (χ4n) is 1.92. The molecule has 96 valence electrons. The lowest BCUT2D eigenvalue weighted by atomic mass is 10.0. The molecule has 4 heteroatoms. The minimum absolute atomic E-state index is 0.371. The van der Waals surface area contributed by atoms with E-state index in [0.717, 1.165) is 29.4 Å². The average Bonchev–Trinajstić information content (AvgIpc) is 2.89. The van der Waals surface area contributed by atoms with E-state index in [-0.39, 0.29) is 0 Å². The summed E-state index contributed by atoms with van der Waals surface area (Å²) < 4.78 is 0. The lowest BCUT2D eigenvalue weighted by Crippen LogP contribution is -2.20. The van der Waals surface area contributed by atoms with Crippen LogP contribution in [-0.2, 0) is 6.54 Å². The van der Waals surface area contributed by atoms with Gasteiger partial charge in [-0.3, -0.25) is 0 Å². The summed E-state index contributed by atoms with van der Waals surface area (Å²) in [6.45, 7) is 3.03. The van der Waals surface area contributed by atoms with Gasteiger partial charge in [-0.15, -0.1) is 11.3 Å². The number of hydrogen-bond acceptors (Lipinski definition) is 3. The number of benzene rings is 1. The molecule has 0 spiro atoms. The molecule has 2 aromatic rings. The van der Waals surface area contributed by atoms with Crippen LogP contribution >= 0.6 is 22.9 Å². The van der Waals surface area contributed by atoms with E-state index in [1.54, 1.807) is 11.3 Å². The maximum atomic E-state index is 5.92. The number of nitrogens with one attached hydrogen (secondary N) is 1. The van der Waals surface area contributed by atoms with Gasteiger partial charge in [-0.2, -0.15) is 0 Å². The van der Waals surface area contributed by atoms with Crippen LogP contribution in [0.1, 0.15) is 36.4 Å². The topological polar surface area (TPSA) is 24.9 Å². The first-order valence-corrected chi connectivity index (χ1v) is 7.42. The quantitative estimate of drug-likeness (QED) is 0.847. The van der Waals surface area contributed by atoms with Gasteiger partial charge < -0.3 is 5.32 Å². The van der Waals surface area contributed by atoms with Crippen molar-refractivity contribution in [3.8, 4) is 0 Å². The third kappa shape index (κ3) is 3.80. The number of halogens is 1. The Balaban J connectivity index is 2.01. The van der Waals surface area contributed by atoms with Crippen LogP contribution in [0.5, 0.6) is 0 Å².